The average Bonchev–Trinajstić information content (AvgIpc) is 2.70. The second-order valence-corrected chi connectivity index (χ2v) is 8.75. The molecule has 7 N–H and O–H groups in total. The molecule has 0 saturated carbocycles. The van der Waals surface area contributed by atoms with Crippen LogP contribution < -0.4 is 4.74 Å². The molecule has 0 aliphatic heterocycles. The van der Waals surface area contributed by atoms with Gasteiger partial charge in [0.2, 0.25) is 0 Å². The lowest BCUT2D eigenvalue weighted by Gasteiger charge is -2.26. The molecule has 0 bridgehead atoms. The summed E-state index contributed by atoms with van der Waals surface area (Å²) in [5.41, 5.74) is -3.14. The van der Waals surface area contributed by atoms with Crippen molar-refractivity contribution in [2.75, 3.05) is 7.11 Å². The molecule has 2 rings (SSSR count). The second-order valence-electron chi connectivity index (χ2n) is 8.75. The molecular weight excluding hydrogens is 448 g/mol. The van der Waals surface area contributed by atoms with Crippen LogP contribution in [-0.4, -0.2) is 66.1 Å². The molecule has 0 amide bonds. The maximum absolute atomic E-state index is 12.2. The Balaban J connectivity index is 2.89. The zero-order chi connectivity index (χ0) is 26.3. The van der Waals surface area contributed by atoms with Crippen LogP contribution in [0.25, 0.3) is 0 Å². The first-order chi connectivity index (χ1) is 15.6. The molecule has 0 spiro atoms. The topological polar surface area (TPSA) is 185 Å². The Morgan fingerprint density at radius 2 is 1.26 bits per heavy atom. The number of ether oxygens (including phenoxy) is 1. The van der Waals surface area contributed by atoms with Crippen LogP contribution in [0.2, 0.25) is 0 Å². The number of carbonyl (C=O) groups is 2. The predicted molar refractivity (Wildman–Crippen MR) is 121 cm³/mol. The van der Waals surface area contributed by atoms with Gasteiger partial charge >= 0.3 is 0 Å². The summed E-state index contributed by atoms with van der Waals surface area (Å²) in [6.07, 6.45) is -2.43. The van der Waals surface area contributed by atoms with Crippen molar-refractivity contribution >= 4 is 11.6 Å². The first-order valence-electron chi connectivity index (χ1n) is 10.4. The van der Waals surface area contributed by atoms with Gasteiger partial charge in [0.05, 0.1) is 18.8 Å². The van der Waals surface area contributed by atoms with Crippen molar-refractivity contribution in [3.8, 4) is 34.5 Å². The van der Waals surface area contributed by atoms with Gasteiger partial charge in [-0.1, -0.05) is 0 Å². The van der Waals surface area contributed by atoms with Crippen molar-refractivity contribution in [2.24, 2.45) is 0 Å². The lowest BCUT2D eigenvalue weighted by Crippen LogP contribution is -2.37. The highest BCUT2D eigenvalue weighted by Gasteiger charge is 2.33. The molecule has 0 aliphatic rings. The number of aliphatic hydroxyl groups excluding tert-OH is 1. The quantitative estimate of drug-likeness (QED) is 0.277. The third-order valence-corrected chi connectivity index (χ3v) is 5.82. The largest absolute Gasteiger partial charge is 0.507 e. The van der Waals surface area contributed by atoms with Gasteiger partial charge in [0.15, 0.2) is 11.6 Å². The van der Waals surface area contributed by atoms with E-state index in [0.717, 1.165) is 13.8 Å². The minimum Gasteiger partial charge on any atom is -0.507 e. The predicted octanol–water partition coefficient (Wildman–Crippen LogP) is 2.20. The lowest BCUT2D eigenvalue weighted by atomic mass is 9.87. The van der Waals surface area contributed by atoms with Crippen molar-refractivity contribution in [1.29, 1.82) is 0 Å². The highest BCUT2D eigenvalue weighted by molar-refractivity contribution is 6.02. The number of carbonyl (C=O) groups excluding carboxylic acids is 2. The molecule has 0 radical (unpaired) electrons. The Morgan fingerprint density at radius 3 is 1.71 bits per heavy atom. The van der Waals surface area contributed by atoms with Crippen LogP contribution in [0.3, 0.4) is 0 Å². The van der Waals surface area contributed by atoms with E-state index in [1.54, 1.807) is 0 Å². The normalized spacial score (nSPS) is 12.5. The van der Waals surface area contributed by atoms with Crippen LogP contribution in [0.4, 0.5) is 0 Å². The zero-order valence-corrected chi connectivity index (χ0v) is 19.8. The Bertz CT molecular complexity index is 1160. The van der Waals surface area contributed by atoms with E-state index in [1.807, 2.05) is 0 Å². The van der Waals surface area contributed by atoms with Crippen LogP contribution in [0.1, 0.15) is 70.7 Å². The molecule has 10 heteroatoms. The van der Waals surface area contributed by atoms with Crippen molar-refractivity contribution in [2.45, 2.75) is 59.2 Å². The standard InChI is InChI=1S/C24H30O10/c1-9-18(28)16(10(2)25)22(32)14(23(9)34-6)7-12-19(29)13(8-15(27)24(4,5)33)21(31)17(11(3)26)20(12)30/h15,27-33H,7-8H2,1-6H3/t15-/m0/s1. The zero-order valence-electron chi connectivity index (χ0n) is 19.8. The van der Waals surface area contributed by atoms with Crippen molar-refractivity contribution in [3.05, 3.63) is 33.4 Å². The van der Waals surface area contributed by atoms with E-state index >= 15 is 0 Å². The third kappa shape index (κ3) is 4.59. The number of phenols is 5. The molecular formula is C24H30O10. The van der Waals surface area contributed by atoms with Crippen LogP contribution in [0, 0.1) is 6.92 Å². The lowest BCUT2D eigenvalue weighted by molar-refractivity contribution is -0.0473. The summed E-state index contributed by atoms with van der Waals surface area (Å²) in [4.78, 5) is 24.3. The molecule has 2 aromatic carbocycles. The SMILES string of the molecule is COc1c(C)c(O)c(C(C)=O)c(O)c1Cc1c(O)c(C[C@H](O)C(C)(C)O)c(O)c(C(C)=O)c1O. The van der Waals surface area contributed by atoms with Crippen molar-refractivity contribution in [3.63, 3.8) is 0 Å². The number of hydrogen-bond acceptors (Lipinski definition) is 10. The molecule has 0 unspecified atom stereocenters. The maximum Gasteiger partial charge on any atom is 0.167 e. The number of benzene rings is 2. The van der Waals surface area contributed by atoms with Gasteiger partial charge in [0.1, 0.15) is 45.6 Å². The van der Waals surface area contributed by atoms with Gasteiger partial charge in [-0.3, -0.25) is 9.59 Å². The summed E-state index contributed by atoms with van der Waals surface area (Å²) in [5, 5.41) is 73.8. The second kappa shape index (κ2) is 9.40. The Labute approximate surface area is 196 Å². The number of ketones is 2. The number of rotatable bonds is 8. The van der Waals surface area contributed by atoms with Crippen LogP contribution in [0.5, 0.6) is 34.5 Å². The molecule has 2 aromatic rings. The van der Waals surface area contributed by atoms with E-state index in [4.69, 9.17) is 4.74 Å². The Kier molecular flexibility index (Phi) is 7.39. The van der Waals surface area contributed by atoms with Gasteiger partial charge in [0.25, 0.3) is 0 Å². The summed E-state index contributed by atoms with van der Waals surface area (Å²) >= 11 is 0. The summed E-state index contributed by atoms with van der Waals surface area (Å²) in [5.74, 6) is -4.82. The maximum atomic E-state index is 12.2. The Morgan fingerprint density at radius 1 is 0.824 bits per heavy atom. The number of aromatic hydroxyl groups is 5. The van der Waals surface area contributed by atoms with Gasteiger partial charge in [-0.15, -0.1) is 0 Å². The smallest absolute Gasteiger partial charge is 0.167 e. The van der Waals surface area contributed by atoms with Gasteiger partial charge in [0, 0.05) is 35.1 Å². The molecule has 1 atom stereocenters. The average molecular weight is 478 g/mol. The third-order valence-electron chi connectivity index (χ3n) is 5.82. The van der Waals surface area contributed by atoms with E-state index in [9.17, 15) is 45.3 Å². The number of phenolic OH excluding ortho intramolecular Hbond substituents is 5. The molecule has 0 fully saturated rings. The Hall–Kier alpha value is -3.50. The van der Waals surface area contributed by atoms with Crippen LogP contribution >= 0.6 is 0 Å². The van der Waals surface area contributed by atoms with Crippen LogP contribution in [0.15, 0.2) is 0 Å². The number of Topliss-reactive ketones (excluding diaryl/α,β-unsaturated/α-hetero) is 2. The fraction of sp³-hybridized carbons (Fsp3) is 0.417. The van der Waals surface area contributed by atoms with Gasteiger partial charge in [-0.2, -0.15) is 0 Å². The van der Waals surface area contributed by atoms with E-state index < -0.39 is 76.0 Å². The first kappa shape index (κ1) is 26.7. The molecule has 0 heterocycles. The van der Waals surface area contributed by atoms with E-state index in [0.29, 0.717) is 0 Å². The summed E-state index contributed by atoms with van der Waals surface area (Å²) in [6, 6.07) is 0. The van der Waals surface area contributed by atoms with Gasteiger partial charge in [-0.25, -0.2) is 0 Å². The summed E-state index contributed by atoms with van der Waals surface area (Å²) in [6.45, 7) is 6.26. The number of aliphatic hydroxyl groups is 2. The summed E-state index contributed by atoms with van der Waals surface area (Å²) < 4.78 is 5.28. The molecule has 10 nitrogen and oxygen atoms in total. The first-order valence-corrected chi connectivity index (χ1v) is 10.4. The molecule has 0 aromatic heterocycles. The highest BCUT2D eigenvalue weighted by atomic mass is 16.5. The number of hydrogen-bond donors (Lipinski definition) is 7. The molecule has 34 heavy (non-hydrogen) atoms. The fourth-order valence-corrected chi connectivity index (χ4v) is 3.80. The van der Waals surface area contributed by atoms with E-state index in [-0.39, 0.29) is 28.0 Å². The van der Waals surface area contributed by atoms with Gasteiger partial charge in [-0.05, 0) is 34.6 Å². The van der Waals surface area contributed by atoms with Crippen LogP contribution in [-0.2, 0) is 12.8 Å². The minimum absolute atomic E-state index is 0.0330. The number of methoxy groups -OCH3 is 1. The monoisotopic (exact) mass is 478 g/mol. The fourth-order valence-electron chi connectivity index (χ4n) is 3.80. The molecule has 186 valence electrons. The molecule has 0 aliphatic carbocycles. The highest BCUT2D eigenvalue weighted by Crippen LogP contribution is 2.48. The van der Waals surface area contributed by atoms with Crippen molar-refractivity contribution < 1.29 is 50.1 Å². The van der Waals surface area contributed by atoms with E-state index in [1.165, 1.54) is 27.9 Å². The molecule has 0 saturated heterocycles. The van der Waals surface area contributed by atoms with Crippen molar-refractivity contribution in [1.82, 2.24) is 0 Å². The van der Waals surface area contributed by atoms with Gasteiger partial charge < -0.3 is 40.5 Å². The summed E-state index contributed by atoms with van der Waals surface area (Å²) in [7, 11) is 1.25. The van der Waals surface area contributed by atoms with E-state index in [2.05, 4.69) is 0 Å². The minimum atomic E-state index is -1.63.